The van der Waals surface area contributed by atoms with E-state index in [1.165, 1.54) is 14.2 Å². The fourth-order valence-electron chi connectivity index (χ4n) is 1.48. The summed E-state index contributed by atoms with van der Waals surface area (Å²) in [5, 5.41) is 3.42. The van der Waals surface area contributed by atoms with E-state index in [0.717, 1.165) is 24.0 Å². The van der Waals surface area contributed by atoms with Gasteiger partial charge >= 0.3 is 0 Å². The molecular weight excluding hydrogens is 364 g/mol. The molecule has 2 aromatic rings. The van der Waals surface area contributed by atoms with E-state index in [9.17, 15) is 0 Å². The Morgan fingerprint density at radius 1 is 1.24 bits per heavy atom. The highest BCUT2D eigenvalue weighted by molar-refractivity contribution is 9.11. The van der Waals surface area contributed by atoms with E-state index in [2.05, 4.69) is 60.4 Å². The predicted molar refractivity (Wildman–Crippen MR) is 79.4 cm³/mol. The van der Waals surface area contributed by atoms with E-state index in [4.69, 9.17) is 0 Å². The van der Waals surface area contributed by atoms with Crippen molar-refractivity contribution in [1.82, 2.24) is 10.3 Å². The Bertz CT molecular complexity index is 485. The standard InChI is InChI=1S/C12H12Br2N2S/c13-10-5-9(7-16-8-10)6-15-4-3-11-1-2-12(14)17-11/h1-2,5,7-8,15H,3-4,6H2. The van der Waals surface area contributed by atoms with Crippen LogP contribution < -0.4 is 5.32 Å². The highest BCUT2D eigenvalue weighted by Gasteiger charge is 1.98. The van der Waals surface area contributed by atoms with Crippen molar-refractivity contribution in [1.29, 1.82) is 0 Å². The number of rotatable bonds is 5. The molecule has 2 rings (SSSR count). The summed E-state index contributed by atoms with van der Waals surface area (Å²) in [4.78, 5) is 5.53. The zero-order valence-corrected chi connectivity index (χ0v) is 13.1. The summed E-state index contributed by atoms with van der Waals surface area (Å²) in [6.45, 7) is 1.85. The van der Waals surface area contributed by atoms with Gasteiger partial charge in [0.2, 0.25) is 0 Å². The molecule has 0 radical (unpaired) electrons. The summed E-state index contributed by atoms with van der Waals surface area (Å²) in [6, 6.07) is 6.34. The Kier molecular flexibility index (Phi) is 5.16. The summed E-state index contributed by atoms with van der Waals surface area (Å²) < 4.78 is 2.22. The van der Waals surface area contributed by atoms with Gasteiger partial charge in [-0.2, -0.15) is 0 Å². The molecule has 90 valence electrons. The minimum Gasteiger partial charge on any atom is -0.312 e. The van der Waals surface area contributed by atoms with E-state index in [1.807, 2.05) is 6.20 Å². The van der Waals surface area contributed by atoms with E-state index in [0.29, 0.717) is 0 Å². The molecule has 0 unspecified atom stereocenters. The van der Waals surface area contributed by atoms with Crippen LogP contribution in [0.15, 0.2) is 38.9 Å². The fourth-order valence-corrected chi connectivity index (χ4v) is 3.38. The van der Waals surface area contributed by atoms with E-state index in [1.54, 1.807) is 17.5 Å². The minimum atomic E-state index is 0.860. The number of halogens is 2. The number of thiophene rings is 1. The van der Waals surface area contributed by atoms with E-state index >= 15 is 0 Å². The van der Waals surface area contributed by atoms with Crippen LogP contribution in [0.4, 0.5) is 0 Å². The molecule has 1 N–H and O–H groups in total. The van der Waals surface area contributed by atoms with Crippen molar-refractivity contribution in [2.24, 2.45) is 0 Å². The van der Waals surface area contributed by atoms with Gasteiger partial charge in [0.05, 0.1) is 3.79 Å². The lowest BCUT2D eigenvalue weighted by molar-refractivity contribution is 0.688. The molecule has 5 heteroatoms. The molecule has 0 fully saturated rings. The van der Waals surface area contributed by atoms with Crippen molar-refractivity contribution in [3.8, 4) is 0 Å². The van der Waals surface area contributed by atoms with Crippen molar-refractivity contribution in [3.63, 3.8) is 0 Å². The second-order valence-electron chi connectivity index (χ2n) is 3.64. The summed E-state index contributed by atoms with van der Waals surface area (Å²) in [6.07, 6.45) is 4.75. The van der Waals surface area contributed by atoms with Crippen LogP contribution in [0.25, 0.3) is 0 Å². The van der Waals surface area contributed by atoms with Gasteiger partial charge < -0.3 is 5.32 Å². The average molecular weight is 376 g/mol. The second-order valence-corrected chi connectivity index (χ2v) is 7.11. The lowest BCUT2D eigenvalue weighted by Crippen LogP contribution is -2.16. The Morgan fingerprint density at radius 2 is 2.12 bits per heavy atom. The van der Waals surface area contributed by atoms with Gasteiger partial charge in [0.1, 0.15) is 0 Å². The zero-order chi connectivity index (χ0) is 12.1. The van der Waals surface area contributed by atoms with Gasteiger partial charge in [0.15, 0.2) is 0 Å². The van der Waals surface area contributed by atoms with Crippen LogP contribution in [0, 0.1) is 0 Å². The average Bonchev–Trinajstić information content (AvgIpc) is 2.71. The SMILES string of the molecule is Brc1cncc(CNCCc2ccc(Br)s2)c1. The number of aromatic nitrogens is 1. The molecule has 0 aliphatic heterocycles. The van der Waals surface area contributed by atoms with Gasteiger partial charge in [0, 0.05) is 34.8 Å². The molecule has 0 spiro atoms. The van der Waals surface area contributed by atoms with Crippen LogP contribution >= 0.6 is 43.2 Å². The highest BCUT2D eigenvalue weighted by Crippen LogP contribution is 2.22. The molecule has 2 heterocycles. The summed E-state index contributed by atoms with van der Waals surface area (Å²) in [5.41, 5.74) is 1.20. The molecule has 0 saturated heterocycles. The monoisotopic (exact) mass is 374 g/mol. The summed E-state index contributed by atoms with van der Waals surface area (Å²) in [7, 11) is 0. The van der Waals surface area contributed by atoms with Gasteiger partial charge in [-0.1, -0.05) is 0 Å². The normalized spacial score (nSPS) is 10.7. The smallest absolute Gasteiger partial charge is 0.0701 e. The molecule has 0 aliphatic carbocycles. The van der Waals surface area contributed by atoms with E-state index in [-0.39, 0.29) is 0 Å². The number of hydrogen-bond donors (Lipinski definition) is 1. The first kappa shape index (κ1) is 13.2. The first-order valence-corrected chi connectivity index (χ1v) is 7.68. The van der Waals surface area contributed by atoms with Crippen LogP contribution in [0.3, 0.4) is 0 Å². The first-order chi connectivity index (χ1) is 8.24. The van der Waals surface area contributed by atoms with Crippen molar-refractivity contribution >= 4 is 43.2 Å². The zero-order valence-electron chi connectivity index (χ0n) is 9.12. The molecule has 17 heavy (non-hydrogen) atoms. The molecule has 0 atom stereocenters. The number of hydrogen-bond acceptors (Lipinski definition) is 3. The molecule has 0 aliphatic rings. The van der Waals surface area contributed by atoms with E-state index < -0.39 is 0 Å². The van der Waals surface area contributed by atoms with Gasteiger partial charge in [-0.3, -0.25) is 4.98 Å². The van der Waals surface area contributed by atoms with Crippen molar-refractivity contribution in [2.75, 3.05) is 6.54 Å². The summed E-state index contributed by atoms with van der Waals surface area (Å²) >= 11 is 8.68. The third kappa shape index (κ3) is 4.50. The third-order valence-electron chi connectivity index (χ3n) is 2.27. The van der Waals surface area contributed by atoms with Crippen LogP contribution in [0.5, 0.6) is 0 Å². The largest absolute Gasteiger partial charge is 0.312 e. The van der Waals surface area contributed by atoms with Crippen LogP contribution in [-0.4, -0.2) is 11.5 Å². The van der Waals surface area contributed by atoms with Crippen molar-refractivity contribution in [3.05, 3.63) is 49.3 Å². The Labute approximate surface area is 122 Å². The Morgan fingerprint density at radius 3 is 2.82 bits per heavy atom. The molecule has 0 aromatic carbocycles. The fraction of sp³-hybridized carbons (Fsp3) is 0.250. The maximum atomic E-state index is 4.13. The molecule has 2 nitrogen and oxygen atoms in total. The van der Waals surface area contributed by atoms with Crippen molar-refractivity contribution in [2.45, 2.75) is 13.0 Å². The molecule has 2 aromatic heterocycles. The van der Waals surface area contributed by atoms with Gasteiger partial charge in [-0.15, -0.1) is 11.3 Å². The van der Waals surface area contributed by atoms with Gasteiger partial charge in [0.25, 0.3) is 0 Å². The third-order valence-corrected chi connectivity index (χ3v) is 4.38. The maximum absolute atomic E-state index is 4.13. The summed E-state index contributed by atoms with van der Waals surface area (Å²) in [5.74, 6) is 0. The van der Waals surface area contributed by atoms with Crippen LogP contribution in [-0.2, 0) is 13.0 Å². The predicted octanol–water partition coefficient (Wildman–Crippen LogP) is 4.00. The first-order valence-electron chi connectivity index (χ1n) is 5.28. The minimum absolute atomic E-state index is 0.860. The highest BCUT2D eigenvalue weighted by atomic mass is 79.9. The topological polar surface area (TPSA) is 24.9 Å². The molecular formula is C12H12Br2N2S. The lowest BCUT2D eigenvalue weighted by Gasteiger charge is -2.03. The number of nitrogens with one attached hydrogen (secondary N) is 1. The number of nitrogens with zero attached hydrogens (tertiary/aromatic N) is 1. The quantitative estimate of drug-likeness (QED) is 0.799. The Balaban J connectivity index is 1.73. The molecule has 0 amide bonds. The van der Waals surface area contributed by atoms with Gasteiger partial charge in [-0.25, -0.2) is 0 Å². The van der Waals surface area contributed by atoms with Gasteiger partial charge in [-0.05, 0) is 62.0 Å². The maximum Gasteiger partial charge on any atom is 0.0701 e. The van der Waals surface area contributed by atoms with Crippen LogP contribution in [0.1, 0.15) is 10.4 Å². The number of pyridine rings is 1. The molecule has 0 bridgehead atoms. The Hall–Kier alpha value is -0.230. The molecule has 0 saturated carbocycles. The van der Waals surface area contributed by atoms with Crippen LogP contribution in [0.2, 0.25) is 0 Å². The second kappa shape index (κ2) is 6.64. The van der Waals surface area contributed by atoms with Crippen molar-refractivity contribution < 1.29 is 0 Å². The lowest BCUT2D eigenvalue weighted by atomic mass is 10.3.